The summed E-state index contributed by atoms with van der Waals surface area (Å²) in [4.78, 5) is 0. The number of aromatic nitrogens is 2. The van der Waals surface area contributed by atoms with Crippen molar-refractivity contribution < 1.29 is 0 Å². The molecule has 2 aromatic rings. The zero-order valence-electron chi connectivity index (χ0n) is 10.4. The van der Waals surface area contributed by atoms with Crippen molar-refractivity contribution in [3.63, 3.8) is 0 Å². The molecule has 0 radical (unpaired) electrons. The summed E-state index contributed by atoms with van der Waals surface area (Å²) in [5.41, 5.74) is 2.23. The van der Waals surface area contributed by atoms with Crippen molar-refractivity contribution in [1.29, 1.82) is 0 Å². The lowest BCUT2D eigenvalue weighted by Gasteiger charge is -2.14. The van der Waals surface area contributed by atoms with Gasteiger partial charge in [0.15, 0.2) is 0 Å². The molecule has 2 rings (SSSR count). The Morgan fingerprint density at radius 1 is 1.29 bits per heavy atom. The highest BCUT2D eigenvalue weighted by molar-refractivity contribution is 5.60. The summed E-state index contributed by atoms with van der Waals surface area (Å²) in [7, 11) is 0. The van der Waals surface area contributed by atoms with Gasteiger partial charge in [0.2, 0.25) is 0 Å². The molecule has 0 spiro atoms. The van der Waals surface area contributed by atoms with E-state index in [4.69, 9.17) is 0 Å². The van der Waals surface area contributed by atoms with Gasteiger partial charge in [0, 0.05) is 18.9 Å². The molecule has 17 heavy (non-hydrogen) atoms. The highest BCUT2D eigenvalue weighted by atomic mass is 15.3. The first-order valence-corrected chi connectivity index (χ1v) is 6.14. The van der Waals surface area contributed by atoms with Crippen LogP contribution in [0.4, 0.5) is 5.69 Å². The molecule has 3 nitrogen and oxygen atoms in total. The minimum Gasteiger partial charge on any atom is -0.383 e. The van der Waals surface area contributed by atoms with Gasteiger partial charge in [-0.1, -0.05) is 32.4 Å². The van der Waals surface area contributed by atoms with Crippen LogP contribution in [0.1, 0.15) is 20.3 Å². The number of anilines is 1. The van der Waals surface area contributed by atoms with Gasteiger partial charge in [-0.2, -0.15) is 5.10 Å². The predicted molar refractivity (Wildman–Crippen MR) is 71.5 cm³/mol. The van der Waals surface area contributed by atoms with Crippen LogP contribution < -0.4 is 5.32 Å². The summed E-state index contributed by atoms with van der Waals surface area (Å²) in [5.74, 6) is 0.681. The lowest BCUT2D eigenvalue weighted by Crippen LogP contribution is -2.12. The van der Waals surface area contributed by atoms with Crippen LogP contribution in [-0.2, 0) is 0 Å². The van der Waals surface area contributed by atoms with Crippen molar-refractivity contribution in [2.45, 2.75) is 20.3 Å². The minimum atomic E-state index is 0.681. The van der Waals surface area contributed by atoms with Crippen molar-refractivity contribution in [2.75, 3.05) is 11.9 Å². The molecular weight excluding hydrogens is 210 g/mol. The van der Waals surface area contributed by atoms with Crippen LogP contribution in [0.5, 0.6) is 0 Å². The van der Waals surface area contributed by atoms with E-state index in [-0.39, 0.29) is 0 Å². The van der Waals surface area contributed by atoms with Crippen LogP contribution in [0.25, 0.3) is 5.69 Å². The topological polar surface area (TPSA) is 29.9 Å². The number of rotatable bonds is 5. The molecule has 0 aliphatic carbocycles. The summed E-state index contributed by atoms with van der Waals surface area (Å²) in [6, 6.07) is 10.2. The predicted octanol–water partition coefficient (Wildman–Crippen LogP) is 3.33. The molecule has 1 atom stereocenters. The normalized spacial score (nSPS) is 12.4. The summed E-state index contributed by atoms with van der Waals surface area (Å²) in [6.45, 7) is 5.46. The first kappa shape index (κ1) is 11.7. The van der Waals surface area contributed by atoms with Crippen LogP contribution in [0, 0.1) is 5.92 Å². The van der Waals surface area contributed by atoms with E-state index < -0.39 is 0 Å². The Balaban J connectivity index is 2.17. The first-order valence-electron chi connectivity index (χ1n) is 6.14. The second-order valence-electron chi connectivity index (χ2n) is 4.36. The Labute approximate surface area is 102 Å². The SMILES string of the molecule is CCC(C)CNc1ccccc1-n1cccn1. The Kier molecular flexibility index (Phi) is 3.81. The van der Waals surface area contributed by atoms with Gasteiger partial charge in [-0.15, -0.1) is 0 Å². The molecule has 1 unspecified atom stereocenters. The average Bonchev–Trinajstić information content (AvgIpc) is 2.90. The van der Waals surface area contributed by atoms with Gasteiger partial charge >= 0.3 is 0 Å². The minimum absolute atomic E-state index is 0.681. The second-order valence-corrected chi connectivity index (χ2v) is 4.36. The fraction of sp³-hybridized carbons (Fsp3) is 0.357. The summed E-state index contributed by atoms with van der Waals surface area (Å²) >= 11 is 0. The van der Waals surface area contributed by atoms with Crippen molar-refractivity contribution in [1.82, 2.24) is 9.78 Å². The quantitative estimate of drug-likeness (QED) is 0.852. The summed E-state index contributed by atoms with van der Waals surface area (Å²) in [6.07, 6.45) is 4.95. The van der Waals surface area contributed by atoms with Gasteiger partial charge < -0.3 is 5.32 Å². The third-order valence-electron chi connectivity index (χ3n) is 2.99. The van der Waals surface area contributed by atoms with Crippen molar-refractivity contribution in [3.8, 4) is 5.69 Å². The zero-order valence-corrected chi connectivity index (χ0v) is 10.4. The maximum absolute atomic E-state index is 4.27. The second kappa shape index (κ2) is 5.53. The Hall–Kier alpha value is -1.77. The molecule has 0 fully saturated rings. The van der Waals surface area contributed by atoms with Gasteiger partial charge in [0.25, 0.3) is 0 Å². The fourth-order valence-corrected chi connectivity index (χ4v) is 1.66. The highest BCUT2D eigenvalue weighted by Crippen LogP contribution is 2.19. The van der Waals surface area contributed by atoms with Gasteiger partial charge in [0.1, 0.15) is 0 Å². The summed E-state index contributed by atoms with van der Waals surface area (Å²) in [5, 5.41) is 7.76. The molecule has 90 valence electrons. The van der Waals surface area contributed by atoms with E-state index in [0.717, 1.165) is 17.9 Å². The number of hydrogen-bond donors (Lipinski definition) is 1. The zero-order chi connectivity index (χ0) is 12.1. The molecule has 1 aromatic carbocycles. The number of hydrogen-bond acceptors (Lipinski definition) is 2. The van der Waals surface area contributed by atoms with E-state index >= 15 is 0 Å². The maximum Gasteiger partial charge on any atom is 0.0876 e. The van der Waals surface area contributed by atoms with Crippen molar-refractivity contribution in [2.24, 2.45) is 5.92 Å². The molecule has 0 amide bonds. The van der Waals surface area contributed by atoms with E-state index in [0.29, 0.717) is 5.92 Å². The van der Waals surface area contributed by atoms with Gasteiger partial charge in [-0.25, -0.2) is 4.68 Å². The number of nitrogens with one attached hydrogen (secondary N) is 1. The molecule has 1 heterocycles. The maximum atomic E-state index is 4.27. The third kappa shape index (κ3) is 2.87. The van der Waals surface area contributed by atoms with Crippen LogP contribution in [0.2, 0.25) is 0 Å². The van der Waals surface area contributed by atoms with E-state index in [1.165, 1.54) is 6.42 Å². The Morgan fingerprint density at radius 3 is 2.82 bits per heavy atom. The van der Waals surface area contributed by atoms with E-state index in [1.807, 2.05) is 29.1 Å². The highest BCUT2D eigenvalue weighted by Gasteiger charge is 2.04. The third-order valence-corrected chi connectivity index (χ3v) is 2.99. The molecular formula is C14H19N3. The molecule has 0 aliphatic rings. The molecule has 0 aliphatic heterocycles. The lowest BCUT2D eigenvalue weighted by atomic mass is 10.1. The van der Waals surface area contributed by atoms with E-state index in [2.05, 4.69) is 36.4 Å². The van der Waals surface area contributed by atoms with Crippen LogP contribution in [0.3, 0.4) is 0 Å². The van der Waals surface area contributed by atoms with E-state index in [1.54, 1.807) is 6.20 Å². The number of nitrogens with zero attached hydrogens (tertiary/aromatic N) is 2. The van der Waals surface area contributed by atoms with Gasteiger partial charge in [-0.05, 0) is 24.1 Å². The standard InChI is InChI=1S/C14H19N3/c1-3-12(2)11-15-13-7-4-5-8-14(13)17-10-6-9-16-17/h4-10,12,15H,3,11H2,1-2H3. The van der Waals surface area contributed by atoms with Gasteiger partial charge in [0.05, 0.1) is 11.4 Å². The Morgan fingerprint density at radius 2 is 2.12 bits per heavy atom. The Bertz CT molecular complexity index is 448. The molecule has 0 saturated heterocycles. The molecule has 1 aromatic heterocycles. The first-order chi connectivity index (χ1) is 8.31. The molecule has 3 heteroatoms. The van der Waals surface area contributed by atoms with E-state index in [9.17, 15) is 0 Å². The lowest BCUT2D eigenvalue weighted by molar-refractivity contribution is 0.593. The van der Waals surface area contributed by atoms with Crippen LogP contribution in [0.15, 0.2) is 42.7 Å². The molecule has 1 N–H and O–H groups in total. The van der Waals surface area contributed by atoms with Crippen molar-refractivity contribution >= 4 is 5.69 Å². The smallest absolute Gasteiger partial charge is 0.0876 e. The molecule has 0 bridgehead atoms. The number of benzene rings is 1. The number of para-hydroxylation sites is 2. The van der Waals surface area contributed by atoms with Gasteiger partial charge in [-0.3, -0.25) is 0 Å². The largest absolute Gasteiger partial charge is 0.383 e. The van der Waals surface area contributed by atoms with Crippen LogP contribution in [-0.4, -0.2) is 16.3 Å². The average molecular weight is 229 g/mol. The molecule has 0 saturated carbocycles. The monoisotopic (exact) mass is 229 g/mol. The summed E-state index contributed by atoms with van der Waals surface area (Å²) < 4.78 is 1.89. The van der Waals surface area contributed by atoms with Crippen LogP contribution >= 0.6 is 0 Å². The fourth-order valence-electron chi connectivity index (χ4n) is 1.66. The van der Waals surface area contributed by atoms with Crippen molar-refractivity contribution in [3.05, 3.63) is 42.7 Å².